The van der Waals surface area contributed by atoms with Gasteiger partial charge in [0.15, 0.2) is 28.8 Å². The average Bonchev–Trinajstić information content (AvgIpc) is 0.753. The smallest absolute Gasteiger partial charge is 0.410 e. The third-order valence-electron chi connectivity index (χ3n) is 24.5. The summed E-state index contributed by atoms with van der Waals surface area (Å²) in [4.78, 5) is 169. The molecule has 0 radical (unpaired) electrons. The second-order valence-electron chi connectivity index (χ2n) is 36.8. The lowest BCUT2D eigenvalue weighted by molar-refractivity contribution is -0.273. The van der Waals surface area contributed by atoms with Gasteiger partial charge in [-0.25, -0.2) is 9.59 Å². The predicted molar refractivity (Wildman–Crippen MR) is 463 cm³/mol. The van der Waals surface area contributed by atoms with E-state index in [0.29, 0.717) is 17.6 Å². The number of aliphatic hydroxyl groups excluding tert-OH is 5. The number of phenols is 3. The molecule has 14 atom stereocenters. The van der Waals surface area contributed by atoms with E-state index in [1.807, 2.05) is 0 Å². The molecule has 34 nitrogen and oxygen atoms in total. The fourth-order valence-electron chi connectivity index (χ4n) is 18.5. The van der Waals surface area contributed by atoms with Crippen LogP contribution < -0.4 is 50.8 Å². The van der Waals surface area contributed by atoms with Gasteiger partial charge in [0.2, 0.25) is 41.6 Å². The SMILES string of the molecule is COCCOc1ccc(NC(=O)NC(=O)C[C@@H]2CC(=O)[C@H](NC(=O)[C@@H](CC(C)C)N(C)C(=O)OC(C)(C)C)[C@H](O)c3ccc(c(Cl)c3)Oc3cc4cc(c3O[C@@H]3O[C@H](CCC(=O)OC(C)(C)C)[C@@H](O)[C@H](O)[C@H]3O)Oc3ccc(cc3Cl)[C@@H](O)[C@@H]3NC(=O)[C@H](CC(=O)C4NC2=O)c2ccc(O)c(c2)-c2c(O)cc(O)cc2[C@@H](C(=O)CC2C4CC5CC(C4)CC2C5)NC3=O)cc1. The number of carbonyl (C=O) groups is 11. The Kier molecular flexibility index (Phi) is 29.3. The summed E-state index contributed by atoms with van der Waals surface area (Å²) in [6.07, 6.45) is -15.0. The van der Waals surface area contributed by atoms with Gasteiger partial charge >= 0.3 is 18.1 Å². The van der Waals surface area contributed by atoms with Crippen LogP contribution in [0.1, 0.15) is 190 Å². The number of nitrogens with one attached hydrogen (secondary N) is 6. The van der Waals surface area contributed by atoms with Crippen molar-refractivity contribution in [1.29, 1.82) is 0 Å². The number of urea groups is 1. The average molecular weight is 1830 g/mol. The zero-order valence-electron chi connectivity index (χ0n) is 72.8. The maximum absolute atomic E-state index is 16.8. The highest BCUT2D eigenvalue weighted by Crippen LogP contribution is 2.59. The summed E-state index contributed by atoms with van der Waals surface area (Å²) >= 11 is 14.5. The number of hydrogen-bond acceptors (Lipinski definition) is 27. The van der Waals surface area contributed by atoms with Gasteiger partial charge in [0.1, 0.15) is 113 Å². The van der Waals surface area contributed by atoms with Crippen LogP contribution in [0.5, 0.6) is 51.7 Å². The Bertz CT molecular complexity index is 5260. The molecule has 1 saturated heterocycles. The Morgan fingerprint density at radius 2 is 1.25 bits per heavy atom. The number of likely N-dealkylation sites (N-methyl/N-ethyl adjacent to an activating group) is 1. The zero-order valence-corrected chi connectivity index (χ0v) is 74.3. The molecule has 6 aromatic carbocycles. The van der Waals surface area contributed by atoms with Crippen LogP contribution in [0.3, 0.4) is 0 Å². The second kappa shape index (κ2) is 39.6. The van der Waals surface area contributed by atoms with Crippen molar-refractivity contribution in [2.24, 2.45) is 41.4 Å². The maximum Gasteiger partial charge on any atom is 0.410 e. The number of anilines is 1. The van der Waals surface area contributed by atoms with E-state index < -0.39 is 237 Å². The van der Waals surface area contributed by atoms with E-state index in [1.165, 1.54) is 74.8 Å². The summed E-state index contributed by atoms with van der Waals surface area (Å²) in [5.74, 6) is -17.4. The van der Waals surface area contributed by atoms with Crippen LogP contribution >= 0.6 is 23.2 Å². The molecule has 4 saturated carbocycles. The van der Waals surface area contributed by atoms with Crippen molar-refractivity contribution in [2.45, 2.75) is 223 Å². The Hall–Kier alpha value is -11.2. The first-order valence-corrected chi connectivity index (χ1v) is 43.7. The molecule has 129 heavy (non-hydrogen) atoms. The lowest BCUT2D eigenvalue weighted by Gasteiger charge is -2.54. The van der Waals surface area contributed by atoms with E-state index in [-0.39, 0.29) is 107 Å². The number of phenolic OH excluding ortho intramolecular Hbond substituents is 3. The number of ketones is 3. The number of methoxy groups -OCH3 is 1. The lowest BCUT2D eigenvalue weighted by atomic mass is 9.51. The minimum atomic E-state index is -2.31. The second-order valence-corrected chi connectivity index (χ2v) is 37.6. The first kappa shape index (κ1) is 95.4. The first-order valence-electron chi connectivity index (χ1n) is 43.0. The molecule has 6 aliphatic heterocycles. The third-order valence-corrected chi connectivity index (χ3v) is 25.1. The van der Waals surface area contributed by atoms with Crippen molar-refractivity contribution in [1.82, 2.24) is 31.5 Å². The molecule has 0 spiro atoms. The van der Waals surface area contributed by atoms with Gasteiger partial charge in [-0.2, -0.15) is 0 Å². The van der Waals surface area contributed by atoms with Crippen LogP contribution in [0.4, 0.5) is 15.3 Å². The highest BCUT2D eigenvalue weighted by molar-refractivity contribution is 6.32. The van der Waals surface area contributed by atoms with E-state index in [0.717, 1.165) is 79.5 Å². The molecule has 15 bridgehead atoms. The van der Waals surface area contributed by atoms with Gasteiger partial charge in [-0.1, -0.05) is 55.2 Å². The van der Waals surface area contributed by atoms with Crippen molar-refractivity contribution in [3.05, 3.63) is 141 Å². The van der Waals surface area contributed by atoms with Crippen molar-refractivity contribution in [3.8, 4) is 62.9 Å². The van der Waals surface area contributed by atoms with Crippen LogP contribution in [-0.2, 0) is 62.1 Å². The summed E-state index contributed by atoms with van der Waals surface area (Å²) in [6.45, 7) is 13.6. The highest BCUT2D eigenvalue weighted by atomic mass is 35.5. The number of imide groups is 1. The minimum absolute atomic E-state index is 0.0758. The molecule has 6 aromatic rings. The van der Waals surface area contributed by atoms with Crippen LogP contribution in [-0.4, -0.2) is 198 Å². The molecule has 8 amide bonds. The molecular formula is C93H109Cl2N7O27. The van der Waals surface area contributed by atoms with Crippen LogP contribution in [0.15, 0.2) is 103 Å². The molecule has 36 heteroatoms. The number of hydrogen-bond donors (Lipinski definition) is 14. The molecule has 14 N–H and O–H groups in total. The molecule has 692 valence electrons. The number of ether oxygens (including phenoxy) is 8. The maximum atomic E-state index is 16.8. The molecule has 0 aromatic heterocycles. The van der Waals surface area contributed by atoms with Crippen LogP contribution in [0, 0.1) is 41.4 Å². The summed E-state index contributed by atoms with van der Waals surface area (Å²) in [5.41, 5.74) is -3.85. The van der Waals surface area contributed by atoms with Gasteiger partial charge in [-0.05, 0) is 229 Å². The fraction of sp³-hybridized carbons (Fsp3) is 0.495. The quantitative estimate of drug-likeness (QED) is 0.0249. The molecule has 1 unspecified atom stereocenters. The summed E-state index contributed by atoms with van der Waals surface area (Å²) in [7, 11) is 2.76. The van der Waals surface area contributed by atoms with E-state index >= 15 is 33.6 Å². The summed E-state index contributed by atoms with van der Waals surface area (Å²) in [6, 6.07) is 9.59. The number of Topliss-reactive ketones (excluding diaryl/α,β-unsaturated/α-hetero) is 3. The molecule has 10 aliphatic rings. The summed E-state index contributed by atoms with van der Waals surface area (Å²) < 4.78 is 48.2. The molecule has 4 aliphatic carbocycles. The van der Waals surface area contributed by atoms with Crippen molar-refractivity contribution in [2.75, 3.05) is 32.7 Å². The Morgan fingerprint density at radius 3 is 1.85 bits per heavy atom. The standard InChI is InChI=1S/C93H109Cl2N7O27/c1-42(2)25-61(102(9)91(121)129-93(6,7)8)87(118)100-77-64(106)34-51(37-72(109)97-90(120)96-52-14-16-54(17-15-52)123-24-23-122-10)85(116)98-75-50-35-70(124-67-19-12-46(79(77)111)32-59(67)94)84(127-89-83(115)82(114)81(113)69(126-89)21-22-73(110)128-92(3,4)5)71(36-50)125-68-20-13-47(33-60(68)95)80(112)78-88(119)99-76(66(108)40-55-48-27-43-26-44(29-48)30-49(55)28-43)58-38-53(103)39-63(105)74(58)57-31-45(11-18-62(57)104)56(41-65(75)107)86(117)101-78/h11-20,31-33,35-36,38-39,42-44,48-49,51,55-56,61,69,75-83,89,103-105,111-115H,21-30,34,37,40-41H2,1-10H3,(H,98,116)(H,99,119)(H,100,118)(H,101,117)(H2,96,97,109,120)/t43?,44?,48?,49?,51-,55?,56+,61+,69+,75?,76-,77-,78-,79+,80+,81+,82-,83+,89-/m0/s1. The van der Waals surface area contributed by atoms with Gasteiger partial charge in [-0.15, -0.1) is 0 Å². The van der Waals surface area contributed by atoms with Crippen molar-refractivity contribution >= 4 is 93.9 Å². The molecular weight excluding hydrogens is 1720 g/mol. The largest absolute Gasteiger partial charge is 0.508 e. The lowest BCUT2D eigenvalue weighted by Crippen LogP contribution is -2.59. The van der Waals surface area contributed by atoms with E-state index in [2.05, 4.69) is 31.9 Å². The van der Waals surface area contributed by atoms with Crippen molar-refractivity contribution in [3.63, 3.8) is 0 Å². The van der Waals surface area contributed by atoms with Gasteiger partial charge in [0.05, 0.1) is 34.6 Å². The number of rotatable bonds is 20. The van der Waals surface area contributed by atoms with Crippen LogP contribution in [0.2, 0.25) is 10.0 Å². The Labute approximate surface area is 753 Å². The van der Waals surface area contributed by atoms with E-state index in [4.69, 9.17) is 61.1 Å². The number of benzene rings is 6. The van der Waals surface area contributed by atoms with Gasteiger partial charge in [-0.3, -0.25) is 53.4 Å². The molecule has 5 fully saturated rings. The molecule has 6 heterocycles. The van der Waals surface area contributed by atoms with Gasteiger partial charge < -0.3 is 105 Å². The third kappa shape index (κ3) is 22.5. The summed E-state index contributed by atoms with van der Waals surface area (Å²) in [5, 5.41) is 111. The number of fused-ring (bicyclic) bond motifs is 15. The monoisotopic (exact) mass is 1830 g/mol. The van der Waals surface area contributed by atoms with Gasteiger partial charge in [0, 0.05) is 69.1 Å². The predicted octanol–water partition coefficient (Wildman–Crippen LogP) is 10.5. The number of nitrogens with zero attached hydrogens (tertiary/aromatic N) is 1. The number of amides is 8. The minimum Gasteiger partial charge on any atom is -0.508 e. The number of aliphatic hydroxyl groups is 5. The van der Waals surface area contributed by atoms with E-state index in [1.54, 1.807) is 55.4 Å². The normalized spacial score (nSPS) is 26.4. The van der Waals surface area contributed by atoms with E-state index in [9.17, 15) is 60.0 Å². The Balaban J connectivity index is 0.995. The number of carbonyl (C=O) groups excluding carboxylic acids is 11. The zero-order chi connectivity index (χ0) is 93.3. The number of halogens is 2. The van der Waals surface area contributed by atoms with Gasteiger partial charge in [0.25, 0.3) is 0 Å². The number of aromatic hydroxyl groups is 3. The first-order chi connectivity index (χ1) is 60.9. The van der Waals surface area contributed by atoms with Crippen LogP contribution in [0.25, 0.3) is 11.1 Å². The topological polar surface area (TPSA) is 499 Å². The van der Waals surface area contributed by atoms with Crippen molar-refractivity contribution < 1.29 is 131 Å². The molecule has 16 rings (SSSR count). The number of esters is 1. The highest BCUT2D eigenvalue weighted by Gasteiger charge is 2.52. The Morgan fingerprint density at radius 1 is 0.628 bits per heavy atom. The fourth-order valence-corrected chi connectivity index (χ4v) is 18.9.